The molecule has 0 saturated heterocycles. The molecule has 2 heteroatoms. The maximum Gasteiger partial charge on any atom is 0.173 e. The van der Waals surface area contributed by atoms with Crippen molar-refractivity contribution < 1.29 is 9.84 Å². The Balaban J connectivity index is 2.95. The van der Waals surface area contributed by atoms with Gasteiger partial charge in [0.2, 0.25) is 0 Å². The minimum Gasteiger partial charge on any atom is -0.365 e. The summed E-state index contributed by atoms with van der Waals surface area (Å²) in [6, 6.07) is 0. The maximum atomic E-state index is 8.92. The van der Waals surface area contributed by atoms with Crippen molar-refractivity contribution in [3.05, 3.63) is 12.7 Å². The highest BCUT2D eigenvalue weighted by atomic mass is 16.6. The quantitative estimate of drug-likeness (QED) is 0.346. The highest BCUT2D eigenvalue weighted by molar-refractivity contribution is 4.69. The number of hydrogen-bond donors (Lipinski definition) is 1. The van der Waals surface area contributed by atoms with Gasteiger partial charge in [-0.3, -0.25) is 0 Å². The van der Waals surface area contributed by atoms with Gasteiger partial charge in [0.25, 0.3) is 0 Å². The fourth-order valence-corrected chi connectivity index (χ4v) is 0.978. The van der Waals surface area contributed by atoms with Gasteiger partial charge in [0.1, 0.15) is 0 Å². The molecule has 0 spiro atoms. The molecule has 0 rings (SSSR count). The molecule has 0 bridgehead atoms. The topological polar surface area (TPSA) is 29.5 Å². The third-order valence-corrected chi connectivity index (χ3v) is 1.74. The summed E-state index contributed by atoms with van der Waals surface area (Å²) >= 11 is 0. The summed E-state index contributed by atoms with van der Waals surface area (Å²) in [5.41, 5.74) is 0. The van der Waals surface area contributed by atoms with E-state index in [1.807, 2.05) is 0 Å². The standard InChI is InChI=1S/C10H20O2/c1-3-5-6-7-8-9-12-10(11)4-2/h4,10-11H,2-3,5-9H2,1H3. The molecule has 0 saturated carbocycles. The zero-order chi connectivity index (χ0) is 9.23. The summed E-state index contributed by atoms with van der Waals surface area (Å²) in [6.45, 7) is 6.24. The highest BCUT2D eigenvalue weighted by Crippen LogP contribution is 2.02. The fraction of sp³-hybridized carbons (Fsp3) is 0.800. The van der Waals surface area contributed by atoms with Crippen LogP contribution in [0.2, 0.25) is 0 Å². The van der Waals surface area contributed by atoms with Crippen LogP contribution in [0.15, 0.2) is 12.7 Å². The van der Waals surface area contributed by atoms with Crippen LogP contribution in [0.25, 0.3) is 0 Å². The second-order valence-electron chi connectivity index (χ2n) is 2.91. The second-order valence-corrected chi connectivity index (χ2v) is 2.91. The van der Waals surface area contributed by atoms with Crippen molar-refractivity contribution in [3.63, 3.8) is 0 Å². The largest absolute Gasteiger partial charge is 0.365 e. The van der Waals surface area contributed by atoms with Crippen molar-refractivity contribution in [1.29, 1.82) is 0 Å². The molecule has 0 amide bonds. The van der Waals surface area contributed by atoms with E-state index in [1.54, 1.807) is 0 Å². The lowest BCUT2D eigenvalue weighted by Gasteiger charge is -2.06. The Morgan fingerprint density at radius 2 is 2.00 bits per heavy atom. The molecule has 0 aromatic heterocycles. The molecule has 72 valence electrons. The van der Waals surface area contributed by atoms with Gasteiger partial charge >= 0.3 is 0 Å². The lowest BCUT2D eigenvalue weighted by molar-refractivity contribution is -0.0648. The molecule has 0 aromatic rings. The third-order valence-electron chi connectivity index (χ3n) is 1.74. The fourth-order valence-electron chi connectivity index (χ4n) is 0.978. The summed E-state index contributed by atoms with van der Waals surface area (Å²) in [5.74, 6) is 0. The van der Waals surface area contributed by atoms with E-state index in [-0.39, 0.29) is 0 Å². The second kappa shape index (κ2) is 8.75. The van der Waals surface area contributed by atoms with E-state index < -0.39 is 6.29 Å². The summed E-state index contributed by atoms with van der Waals surface area (Å²) in [6.07, 6.45) is 6.66. The van der Waals surface area contributed by atoms with Crippen LogP contribution in [0.4, 0.5) is 0 Å². The Morgan fingerprint density at radius 1 is 1.33 bits per heavy atom. The van der Waals surface area contributed by atoms with Crippen LogP contribution in [-0.2, 0) is 4.74 Å². The van der Waals surface area contributed by atoms with Crippen LogP contribution in [0.5, 0.6) is 0 Å². The first-order valence-electron chi connectivity index (χ1n) is 4.73. The van der Waals surface area contributed by atoms with Crippen LogP contribution < -0.4 is 0 Å². The maximum absolute atomic E-state index is 8.92. The molecule has 0 radical (unpaired) electrons. The Labute approximate surface area is 75.2 Å². The van der Waals surface area contributed by atoms with Gasteiger partial charge in [-0.1, -0.05) is 39.2 Å². The minimum atomic E-state index is -0.781. The van der Waals surface area contributed by atoms with Crippen molar-refractivity contribution in [1.82, 2.24) is 0 Å². The third kappa shape index (κ3) is 7.76. The number of aliphatic hydroxyl groups excluding tert-OH is 1. The number of unbranched alkanes of at least 4 members (excludes halogenated alkanes) is 4. The van der Waals surface area contributed by atoms with Gasteiger partial charge in [0, 0.05) is 0 Å². The molecule has 12 heavy (non-hydrogen) atoms. The Hall–Kier alpha value is -0.340. The van der Waals surface area contributed by atoms with E-state index in [0.717, 1.165) is 6.42 Å². The summed E-state index contributed by atoms with van der Waals surface area (Å²) in [7, 11) is 0. The first-order valence-corrected chi connectivity index (χ1v) is 4.73. The van der Waals surface area contributed by atoms with E-state index in [1.165, 1.54) is 31.8 Å². The van der Waals surface area contributed by atoms with Gasteiger partial charge in [0.15, 0.2) is 6.29 Å². The normalized spacial score (nSPS) is 12.8. The van der Waals surface area contributed by atoms with Gasteiger partial charge in [-0.05, 0) is 12.5 Å². The van der Waals surface area contributed by atoms with Crippen LogP contribution >= 0.6 is 0 Å². The lowest BCUT2D eigenvalue weighted by Crippen LogP contribution is -2.08. The number of ether oxygens (including phenoxy) is 1. The molecule has 1 atom stereocenters. The molecule has 0 aromatic carbocycles. The number of hydrogen-bond acceptors (Lipinski definition) is 2. The first kappa shape index (κ1) is 11.7. The van der Waals surface area contributed by atoms with Gasteiger partial charge in [0.05, 0.1) is 6.61 Å². The molecule has 1 unspecified atom stereocenters. The molecular weight excluding hydrogens is 152 g/mol. The molecule has 0 aliphatic heterocycles. The predicted molar refractivity (Wildman–Crippen MR) is 50.9 cm³/mol. The molecule has 0 fully saturated rings. The smallest absolute Gasteiger partial charge is 0.173 e. The van der Waals surface area contributed by atoms with E-state index in [4.69, 9.17) is 9.84 Å². The van der Waals surface area contributed by atoms with Crippen LogP contribution in [0, 0.1) is 0 Å². The summed E-state index contributed by atoms with van der Waals surface area (Å²) < 4.78 is 5.01. The van der Waals surface area contributed by atoms with Crippen molar-refractivity contribution in [2.75, 3.05) is 6.61 Å². The molecule has 0 aliphatic rings. The molecular formula is C10H20O2. The van der Waals surface area contributed by atoms with Crippen molar-refractivity contribution >= 4 is 0 Å². The van der Waals surface area contributed by atoms with Gasteiger partial charge in [-0.15, -0.1) is 0 Å². The Morgan fingerprint density at radius 3 is 2.58 bits per heavy atom. The van der Waals surface area contributed by atoms with Crippen molar-refractivity contribution in [2.45, 2.75) is 45.3 Å². The van der Waals surface area contributed by atoms with Gasteiger partial charge in [-0.25, -0.2) is 0 Å². The Kier molecular flexibility index (Phi) is 8.51. The van der Waals surface area contributed by atoms with Crippen LogP contribution in [0.3, 0.4) is 0 Å². The molecule has 0 aliphatic carbocycles. The molecule has 1 N–H and O–H groups in total. The van der Waals surface area contributed by atoms with E-state index >= 15 is 0 Å². The monoisotopic (exact) mass is 172 g/mol. The van der Waals surface area contributed by atoms with Crippen molar-refractivity contribution in [3.8, 4) is 0 Å². The summed E-state index contributed by atoms with van der Waals surface area (Å²) in [5, 5.41) is 8.92. The van der Waals surface area contributed by atoms with Gasteiger partial charge in [-0.2, -0.15) is 0 Å². The number of aliphatic hydroxyl groups is 1. The van der Waals surface area contributed by atoms with E-state index in [2.05, 4.69) is 13.5 Å². The summed E-state index contributed by atoms with van der Waals surface area (Å²) in [4.78, 5) is 0. The highest BCUT2D eigenvalue weighted by Gasteiger charge is 1.95. The predicted octanol–water partition coefficient (Wildman–Crippen LogP) is 2.48. The zero-order valence-corrected chi connectivity index (χ0v) is 7.96. The van der Waals surface area contributed by atoms with Gasteiger partial charge < -0.3 is 9.84 Å². The average molecular weight is 172 g/mol. The molecule has 2 nitrogen and oxygen atoms in total. The van der Waals surface area contributed by atoms with Crippen LogP contribution in [0.1, 0.15) is 39.0 Å². The minimum absolute atomic E-state index is 0.636. The SMILES string of the molecule is C=CC(O)OCCCCCCC. The van der Waals surface area contributed by atoms with E-state index in [9.17, 15) is 0 Å². The lowest BCUT2D eigenvalue weighted by atomic mass is 10.2. The average Bonchev–Trinajstić information content (AvgIpc) is 2.10. The van der Waals surface area contributed by atoms with Crippen molar-refractivity contribution in [2.24, 2.45) is 0 Å². The number of rotatable bonds is 8. The Bertz CT molecular complexity index is 102. The van der Waals surface area contributed by atoms with E-state index in [0.29, 0.717) is 6.61 Å². The molecule has 0 heterocycles. The first-order chi connectivity index (χ1) is 5.81. The van der Waals surface area contributed by atoms with Crippen LogP contribution in [-0.4, -0.2) is 18.0 Å². The zero-order valence-electron chi connectivity index (χ0n) is 7.96.